The summed E-state index contributed by atoms with van der Waals surface area (Å²) >= 11 is 0. The van der Waals surface area contributed by atoms with Crippen molar-refractivity contribution in [1.29, 1.82) is 0 Å². The van der Waals surface area contributed by atoms with Crippen LogP contribution in [0.3, 0.4) is 0 Å². The number of nitrogens with one attached hydrogen (secondary N) is 1. The summed E-state index contributed by atoms with van der Waals surface area (Å²) in [4.78, 5) is 2.41. The van der Waals surface area contributed by atoms with Crippen molar-refractivity contribution in [1.82, 2.24) is 10.2 Å². The Hall–Kier alpha value is -1.06. The minimum absolute atomic E-state index is 0.235. The molecule has 0 aromatic heterocycles. The van der Waals surface area contributed by atoms with Crippen molar-refractivity contribution in [3.63, 3.8) is 0 Å². The predicted molar refractivity (Wildman–Crippen MR) is 84.2 cm³/mol. The van der Waals surface area contributed by atoms with Crippen LogP contribution in [0.25, 0.3) is 0 Å². The molecule has 1 fully saturated rings. The molecule has 0 heterocycles. The fourth-order valence-corrected chi connectivity index (χ4v) is 3.75. The van der Waals surface area contributed by atoms with Gasteiger partial charge in [0.25, 0.3) is 0 Å². The van der Waals surface area contributed by atoms with Gasteiger partial charge in [-0.2, -0.15) is 0 Å². The number of phenolic OH excluding ortho intramolecular Hbond substituents is 1. The zero-order chi connectivity index (χ0) is 14.6. The summed E-state index contributed by atoms with van der Waals surface area (Å²) in [5.74, 6) is 0.361. The summed E-state index contributed by atoms with van der Waals surface area (Å²) in [7, 11) is 6.48. The first-order valence-electron chi connectivity index (χ1n) is 7.71. The predicted octanol–water partition coefficient (Wildman–Crippen LogP) is 2.79. The summed E-state index contributed by atoms with van der Waals surface area (Å²) in [6, 6.07) is 8.08. The molecule has 0 spiro atoms. The number of nitrogens with zero attached hydrogens (tertiary/aromatic N) is 1. The van der Waals surface area contributed by atoms with Gasteiger partial charge < -0.3 is 15.3 Å². The molecule has 0 bridgehead atoms. The zero-order valence-corrected chi connectivity index (χ0v) is 13.0. The van der Waals surface area contributed by atoms with Gasteiger partial charge in [0.15, 0.2) is 0 Å². The Morgan fingerprint density at radius 2 is 1.95 bits per heavy atom. The van der Waals surface area contributed by atoms with E-state index in [1.165, 1.54) is 37.7 Å². The minimum Gasteiger partial charge on any atom is -0.508 e. The van der Waals surface area contributed by atoms with E-state index in [9.17, 15) is 5.11 Å². The normalized spacial score (nSPS) is 20.0. The van der Waals surface area contributed by atoms with E-state index < -0.39 is 0 Å². The Morgan fingerprint density at radius 3 is 2.50 bits per heavy atom. The van der Waals surface area contributed by atoms with Crippen LogP contribution in [0.4, 0.5) is 0 Å². The first kappa shape index (κ1) is 15.3. The van der Waals surface area contributed by atoms with Crippen LogP contribution in [0, 0.1) is 0 Å². The third kappa shape index (κ3) is 3.15. The quantitative estimate of drug-likeness (QED) is 0.868. The van der Waals surface area contributed by atoms with E-state index in [1.807, 2.05) is 12.1 Å². The SMILES string of the molecule is CNC(Cc1cccc(O)c1)C1(N(C)C)CCCCC1. The Morgan fingerprint density at radius 1 is 1.25 bits per heavy atom. The van der Waals surface area contributed by atoms with Crippen molar-refractivity contribution >= 4 is 0 Å². The molecular weight excluding hydrogens is 248 g/mol. The second kappa shape index (κ2) is 6.59. The average molecular weight is 276 g/mol. The molecule has 2 N–H and O–H groups in total. The Balaban J connectivity index is 2.20. The summed E-state index contributed by atoms with van der Waals surface area (Å²) in [5.41, 5.74) is 1.44. The maximum Gasteiger partial charge on any atom is 0.115 e. The summed E-state index contributed by atoms with van der Waals surface area (Å²) in [5, 5.41) is 13.2. The van der Waals surface area contributed by atoms with Gasteiger partial charge in [-0.25, -0.2) is 0 Å². The van der Waals surface area contributed by atoms with Crippen LogP contribution in [0.5, 0.6) is 5.75 Å². The molecule has 3 heteroatoms. The van der Waals surface area contributed by atoms with Gasteiger partial charge in [0, 0.05) is 11.6 Å². The van der Waals surface area contributed by atoms with Crippen LogP contribution in [-0.4, -0.2) is 42.7 Å². The smallest absolute Gasteiger partial charge is 0.115 e. The van der Waals surface area contributed by atoms with Crippen molar-refractivity contribution in [3.8, 4) is 5.75 Å². The number of rotatable bonds is 5. The lowest BCUT2D eigenvalue weighted by Crippen LogP contribution is -2.60. The summed E-state index contributed by atoms with van der Waals surface area (Å²) in [6.45, 7) is 0. The number of hydrogen-bond donors (Lipinski definition) is 2. The number of likely N-dealkylation sites (N-methyl/N-ethyl adjacent to an activating group) is 2. The summed E-state index contributed by atoms with van der Waals surface area (Å²) < 4.78 is 0. The van der Waals surface area contributed by atoms with Gasteiger partial charge in [0.05, 0.1) is 0 Å². The maximum atomic E-state index is 9.65. The summed E-state index contributed by atoms with van der Waals surface area (Å²) in [6.07, 6.45) is 7.46. The van der Waals surface area contributed by atoms with E-state index in [-0.39, 0.29) is 5.54 Å². The first-order valence-corrected chi connectivity index (χ1v) is 7.71. The lowest BCUT2D eigenvalue weighted by atomic mass is 9.73. The molecule has 1 aliphatic rings. The van der Waals surface area contributed by atoms with Gasteiger partial charge in [-0.05, 0) is 58.1 Å². The molecule has 0 radical (unpaired) electrons. The molecule has 3 nitrogen and oxygen atoms in total. The second-order valence-corrected chi connectivity index (χ2v) is 6.27. The number of phenols is 1. The van der Waals surface area contributed by atoms with Crippen LogP contribution in [0.15, 0.2) is 24.3 Å². The van der Waals surface area contributed by atoms with Gasteiger partial charge in [-0.15, -0.1) is 0 Å². The molecule has 20 heavy (non-hydrogen) atoms. The molecule has 1 aliphatic carbocycles. The standard InChI is InChI=1S/C17H28N2O/c1-18-16(13-14-8-7-9-15(20)12-14)17(19(2)3)10-5-4-6-11-17/h7-9,12,16,18,20H,4-6,10-11,13H2,1-3H3. The fraction of sp³-hybridized carbons (Fsp3) is 0.647. The molecule has 112 valence electrons. The third-order valence-electron chi connectivity index (χ3n) is 4.96. The van der Waals surface area contributed by atoms with Gasteiger partial charge in [-0.3, -0.25) is 0 Å². The molecular formula is C17H28N2O. The number of benzene rings is 1. The Labute approximate surface area is 123 Å². The van der Waals surface area contributed by atoms with E-state index in [1.54, 1.807) is 6.07 Å². The van der Waals surface area contributed by atoms with Gasteiger partial charge in [0.2, 0.25) is 0 Å². The monoisotopic (exact) mass is 276 g/mol. The van der Waals surface area contributed by atoms with Crippen LogP contribution in [-0.2, 0) is 6.42 Å². The maximum absolute atomic E-state index is 9.65. The lowest BCUT2D eigenvalue weighted by molar-refractivity contribution is 0.0598. The number of hydrogen-bond acceptors (Lipinski definition) is 3. The first-order chi connectivity index (χ1) is 9.58. The molecule has 1 aromatic carbocycles. The highest BCUT2D eigenvalue weighted by atomic mass is 16.3. The lowest BCUT2D eigenvalue weighted by Gasteiger charge is -2.48. The van der Waals surface area contributed by atoms with Crippen LogP contribution in [0.2, 0.25) is 0 Å². The van der Waals surface area contributed by atoms with Crippen LogP contribution >= 0.6 is 0 Å². The molecule has 0 saturated heterocycles. The van der Waals surface area contributed by atoms with Crippen molar-refractivity contribution in [2.24, 2.45) is 0 Å². The van der Waals surface area contributed by atoms with E-state index in [2.05, 4.69) is 37.4 Å². The molecule has 1 unspecified atom stereocenters. The number of aromatic hydroxyl groups is 1. The van der Waals surface area contributed by atoms with E-state index >= 15 is 0 Å². The van der Waals surface area contributed by atoms with E-state index in [4.69, 9.17) is 0 Å². The van der Waals surface area contributed by atoms with Gasteiger partial charge in [-0.1, -0.05) is 31.4 Å². The molecule has 2 rings (SSSR count). The van der Waals surface area contributed by atoms with Crippen molar-refractivity contribution in [2.75, 3.05) is 21.1 Å². The van der Waals surface area contributed by atoms with Crippen molar-refractivity contribution in [2.45, 2.75) is 50.1 Å². The molecule has 1 saturated carbocycles. The zero-order valence-electron chi connectivity index (χ0n) is 13.0. The van der Waals surface area contributed by atoms with Crippen molar-refractivity contribution < 1.29 is 5.11 Å². The molecule has 0 amide bonds. The largest absolute Gasteiger partial charge is 0.508 e. The molecule has 1 atom stereocenters. The fourth-order valence-electron chi connectivity index (χ4n) is 3.75. The highest BCUT2D eigenvalue weighted by molar-refractivity contribution is 5.28. The third-order valence-corrected chi connectivity index (χ3v) is 4.96. The van der Waals surface area contributed by atoms with E-state index in [0.717, 1.165) is 6.42 Å². The molecule has 0 aliphatic heterocycles. The molecule has 1 aromatic rings. The highest BCUT2D eigenvalue weighted by Gasteiger charge is 2.40. The van der Waals surface area contributed by atoms with Gasteiger partial charge >= 0.3 is 0 Å². The Kier molecular flexibility index (Phi) is 5.06. The van der Waals surface area contributed by atoms with E-state index in [0.29, 0.717) is 11.8 Å². The van der Waals surface area contributed by atoms with Crippen LogP contribution < -0.4 is 5.32 Å². The minimum atomic E-state index is 0.235. The van der Waals surface area contributed by atoms with Gasteiger partial charge in [0.1, 0.15) is 5.75 Å². The van der Waals surface area contributed by atoms with Crippen molar-refractivity contribution in [3.05, 3.63) is 29.8 Å². The average Bonchev–Trinajstić information content (AvgIpc) is 2.45. The topological polar surface area (TPSA) is 35.5 Å². The Bertz CT molecular complexity index is 425. The highest BCUT2D eigenvalue weighted by Crippen LogP contribution is 2.36. The second-order valence-electron chi connectivity index (χ2n) is 6.27. The van der Waals surface area contributed by atoms with Crippen LogP contribution in [0.1, 0.15) is 37.7 Å².